The Morgan fingerprint density at radius 2 is 1.00 bits per heavy atom. The van der Waals surface area contributed by atoms with Crippen LogP contribution in [0.3, 0.4) is 0 Å². The summed E-state index contributed by atoms with van der Waals surface area (Å²) in [6, 6.07) is 0. The molecule has 0 amide bonds. The van der Waals surface area contributed by atoms with Crippen LogP contribution in [-0.4, -0.2) is 8.22 Å². The fraction of sp³-hybridized carbons (Fsp3) is 1.00. The molecular weight excluding hydrogens is 462 g/mol. The molecule has 116 valence electrons. The molecule has 2 unspecified atom stereocenters. The molecule has 1 nitrogen and oxygen atoms in total. The largest absolute Gasteiger partial charge is 0.354 e. The Bertz CT molecular complexity index is 158. The average molecular weight is 494 g/mol. The average Bonchev–Trinajstić information content (AvgIpc) is 2.38. The minimum atomic E-state index is 0.414. The summed E-state index contributed by atoms with van der Waals surface area (Å²) in [7, 11) is 0. The molecule has 0 radical (unpaired) electrons. The van der Waals surface area contributed by atoms with E-state index in [1.165, 1.54) is 77.0 Å². The van der Waals surface area contributed by atoms with E-state index in [1.807, 2.05) is 0 Å². The van der Waals surface area contributed by atoms with Gasteiger partial charge in [0.05, 0.1) is 0 Å². The van der Waals surface area contributed by atoms with Gasteiger partial charge in [-0.15, -0.1) is 0 Å². The van der Waals surface area contributed by atoms with E-state index in [4.69, 9.17) is 4.74 Å². The highest BCUT2D eigenvalue weighted by atomic mass is 127. The van der Waals surface area contributed by atoms with Gasteiger partial charge in [0, 0.05) is 0 Å². The Balaban J connectivity index is 3.34. The molecule has 0 saturated carbocycles. The van der Waals surface area contributed by atoms with Gasteiger partial charge in [-0.3, -0.25) is 0 Å². The minimum Gasteiger partial charge on any atom is -0.354 e. The van der Waals surface area contributed by atoms with E-state index in [0.717, 1.165) is 0 Å². The third-order valence-corrected chi connectivity index (χ3v) is 5.20. The predicted molar refractivity (Wildman–Crippen MR) is 103 cm³/mol. The molecule has 2 atom stereocenters. The van der Waals surface area contributed by atoms with E-state index < -0.39 is 0 Å². The third kappa shape index (κ3) is 15.6. The number of hydrogen-bond donors (Lipinski definition) is 0. The zero-order chi connectivity index (χ0) is 14.3. The second-order valence-electron chi connectivity index (χ2n) is 5.36. The Labute approximate surface area is 148 Å². The van der Waals surface area contributed by atoms with Gasteiger partial charge in [-0.05, 0) is 12.8 Å². The third-order valence-electron chi connectivity index (χ3n) is 3.36. The lowest BCUT2D eigenvalue weighted by molar-refractivity contribution is 0.0988. The Morgan fingerprint density at radius 1 is 0.632 bits per heavy atom. The van der Waals surface area contributed by atoms with Gasteiger partial charge in [-0.2, -0.15) is 0 Å². The molecular formula is C16H32I2O. The monoisotopic (exact) mass is 494 g/mol. The van der Waals surface area contributed by atoms with Gasteiger partial charge in [0.1, 0.15) is 8.22 Å². The number of halogens is 2. The molecule has 0 saturated heterocycles. The van der Waals surface area contributed by atoms with Gasteiger partial charge in [0.2, 0.25) is 0 Å². The van der Waals surface area contributed by atoms with Crippen LogP contribution in [0.2, 0.25) is 0 Å². The highest BCUT2D eigenvalue weighted by Gasteiger charge is 2.10. The maximum Gasteiger partial charge on any atom is 0.110 e. The van der Waals surface area contributed by atoms with E-state index in [0.29, 0.717) is 8.22 Å². The lowest BCUT2D eigenvalue weighted by Gasteiger charge is -2.16. The van der Waals surface area contributed by atoms with Gasteiger partial charge in [0.15, 0.2) is 0 Å². The number of hydrogen-bond acceptors (Lipinski definition) is 1. The Hall–Kier alpha value is 1.42. The van der Waals surface area contributed by atoms with Crippen LogP contribution >= 0.6 is 45.2 Å². The van der Waals surface area contributed by atoms with Crippen molar-refractivity contribution in [2.45, 2.75) is 99.1 Å². The molecule has 3 heteroatoms. The first-order valence-electron chi connectivity index (χ1n) is 8.14. The van der Waals surface area contributed by atoms with Gasteiger partial charge < -0.3 is 4.74 Å². The van der Waals surface area contributed by atoms with Gasteiger partial charge in [0.25, 0.3) is 0 Å². The number of alkyl halides is 2. The fourth-order valence-corrected chi connectivity index (χ4v) is 4.26. The van der Waals surface area contributed by atoms with Crippen molar-refractivity contribution in [2.24, 2.45) is 0 Å². The molecule has 0 spiro atoms. The van der Waals surface area contributed by atoms with Crippen LogP contribution in [-0.2, 0) is 4.74 Å². The van der Waals surface area contributed by atoms with Crippen molar-refractivity contribution in [3.63, 3.8) is 0 Å². The number of ether oxygens (including phenoxy) is 1. The molecule has 0 aromatic carbocycles. The first-order valence-corrected chi connectivity index (χ1v) is 10.6. The van der Waals surface area contributed by atoms with Crippen molar-refractivity contribution in [1.82, 2.24) is 0 Å². The molecule has 0 aliphatic heterocycles. The van der Waals surface area contributed by atoms with Crippen LogP contribution in [0.1, 0.15) is 90.9 Å². The molecule has 0 aliphatic carbocycles. The molecule has 19 heavy (non-hydrogen) atoms. The van der Waals surface area contributed by atoms with Crippen molar-refractivity contribution in [3.8, 4) is 0 Å². The quantitative estimate of drug-likeness (QED) is 0.141. The first kappa shape index (κ1) is 20.4. The normalized spacial score (nSPS) is 14.5. The van der Waals surface area contributed by atoms with Crippen molar-refractivity contribution in [1.29, 1.82) is 0 Å². The van der Waals surface area contributed by atoms with Crippen LogP contribution in [0.5, 0.6) is 0 Å². The first-order chi connectivity index (χ1) is 9.20. The molecule has 0 aliphatic rings. The van der Waals surface area contributed by atoms with Crippen molar-refractivity contribution >= 4 is 45.2 Å². The maximum absolute atomic E-state index is 6.04. The Morgan fingerprint density at radius 3 is 1.37 bits per heavy atom. The maximum atomic E-state index is 6.04. The van der Waals surface area contributed by atoms with Crippen molar-refractivity contribution < 1.29 is 4.74 Å². The lowest BCUT2D eigenvalue weighted by Crippen LogP contribution is -2.12. The molecule has 0 bridgehead atoms. The van der Waals surface area contributed by atoms with E-state index in [1.54, 1.807) is 0 Å². The van der Waals surface area contributed by atoms with Crippen LogP contribution in [0.25, 0.3) is 0 Å². The molecule has 0 N–H and O–H groups in total. The summed E-state index contributed by atoms with van der Waals surface area (Å²) in [4.78, 5) is 0. The van der Waals surface area contributed by atoms with Crippen LogP contribution in [0.4, 0.5) is 0 Å². The van der Waals surface area contributed by atoms with Gasteiger partial charge in [-0.25, -0.2) is 0 Å². The summed E-state index contributed by atoms with van der Waals surface area (Å²) in [5.74, 6) is 0. The summed E-state index contributed by atoms with van der Waals surface area (Å²) >= 11 is 4.93. The smallest absolute Gasteiger partial charge is 0.110 e. The molecule has 0 heterocycles. The van der Waals surface area contributed by atoms with Gasteiger partial charge >= 0.3 is 0 Å². The summed E-state index contributed by atoms with van der Waals surface area (Å²) in [5.41, 5.74) is 0. The summed E-state index contributed by atoms with van der Waals surface area (Å²) in [6.07, 6.45) is 16.1. The minimum absolute atomic E-state index is 0.414. The fourth-order valence-electron chi connectivity index (χ4n) is 2.11. The lowest BCUT2D eigenvalue weighted by atomic mass is 10.1. The summed E-state index contributed by atoms with van der Waals surface area (Å²) in [5, 5.41) is 0. The second kappa shape index (κ2) is 15.8. The number of rotatable bonds is 14. The van der Waals surface area contributed by atoms with Crippen molar-refractivity contribution in [2.75, 3.05) is 0 Å². The topological polar surface area (TPSA) is 9.23 Å². The number of unbranched alkanes of at least 4 members (excludes halogenated alkanes) is 8. The summed E-state index contributed by atoms with van der Waals surface area (Å²) < 4.78 is 6.86. The second-order valence-corrected chi connectivity index (χ2v) is 8.14. The van der Waals surface area contributed by atoms with Crippen LogP contribution in [0, 0.1) is 0 Å². The van der Waals surface area contributed by atoms with Gasteiger partial charge in [-0.1, -0.05) is 123 Å². The highest BCUT2D eigenvalue weighted by molar-refractivity contribution is 14.1. The van der Waals surface area contributed by atoms with E-state index in [9.17, 15) is 0 Å². The molecule has 0 aromatic heterocycles. The molecule has 0 aromatic rings. The van der Waals surface area contributed by atoms with E-state index in [2.05, 4.69) is 59.0 Å². The molecule has 0 rings (SSSR count). The standard InChI is InChI=1S/C16H32I2O/c1-3-5-7-9-11-13-15(17)19-16(18)14-12-10-8-6-4-2/h15-16H,3-14H2,1-2H3. The van der Waals surface area contributed by atoms with E-state index in [-0.39, 0.29) is 0 Å². The van der Waals surface area contributed by atoms with Crippen LogP contribution < -0.4 is 0 Å². The zero-order valence-corrected chi connectivity index (χ0v) is 17.1. The SMILES string of the molecule is CCCCCCCC(I)OC(I)CCCCCCC. The predicted octanol–water partition coefficient (Wildman–Crippen LogP) is 7.25. The highest BCUT2D eigenvalue weighted by Crippen LogP contribution is 2.22. The van der Waals surface area contributed by atoms with Crippen LogP contribution in [0.15, 0.2) is 0 Å². The molecule has 0 fully saturated rings. The summed E-state index contributed by atoms with van der Waals surface area (Å²) in [6.45, 7) is 4.54. The Kier molecular flexibility index (Phi) is 17.0. The zero-order valence-electron chi connectivity index (χ0n) is 12.8. The van der Waals surface area contributed by atoms with Crippen molar-refractivity contribution in [3.05, 3.63) is 0 Å². The van der Waals surface area contributed by atoms with E-state index >= 15 is 0 Å².